The number of hydrogen-bond donors (Lipinski definition) is 2. The van der Waals surface area contributed by atoms with Crippen molar-refractivity contribution in [2.24, 2.45) is 0 Å². The quantitative estimate of drug-likeness (QED) is 0.411. The van der Waals surface area contributed by atoms with Gasteiger partial charge in [-0.05, 0) is 70.9 Å². The number of ketones is 1. The Morgan fingerprint density at radius 3 is 2.42 bits per heavy atom. The molecule has 2 heterocycles. The number of rotatable bonds is 8. The first-order valence-corrected chi connectivity index (χ1v) is 15.1. The second-order valence-corrected chi connectivity index (χ2v) is 13.8. The molecule has 10 nitrogen and oxygen atoms in total. The van der Waals surface area contributed by atoms with Crippen LogP contribution in [0.1, 0.15) is 82.1 Å². The lowest BCUT2D eigenvalue weighted by molar-refractivity contribution is 0.0999. The van der Waals surface area contributed by atoms with Gasteiger partial charge in [-0.3, -0.25) is 14.2 Å². The van der Waals surface area contributed by atoms with Crippen molar-refractivity contribution in [2.75, 3.05) is 10.5 Å². The van der Waals surface area contributed by atoms with Crippen LogP contribution in [0.15, 0.2) is 39.8 Å². The van der Waals surface area contributed by atoms with Gasteiger partial charge in [0.2, 0.25) is 20.9 Å². The van der Waals surface area contributed by atoms with Crippen molar-refractivity contribution in [3.8, 4) is 0 Å². The van der Waals surface area contributed by atoms with E-state index in [0.29, 0.717) is 16.6 Å². The Bertz CT molecular complexity index is 1490. The van der Waals surface area contributed by atoms with Crippen LogP contribution in [0.5, 0.6) is 0 Å². The maximum absolute atomic E-state index is 13.4. The Kier molecular flexibility index (Phi) is 7.06. The maximum atomic E-state index is 13.4. The highest BCUT2D eigenvalue weighted by Crippen LogP contribution is 2.34. The monoisotopic (exact) mass is 536 g/mol. The molecule has 1 aliphatic rings. The van der Waals surface area contributed by atoms with Crippen molar-refractivity contribution in [1.82, 2.24) is 14.5 Å². The number of aromatic nitrogens is 2. The van der Waals surface area contributed by atoms with Gasteiger partial charge in [-0.25, -0.2) is 21.6 Å². The largest absolute Gasteiger partial charge is 0.440 e. The lowest BCUT2D eigenvalue weighted by Crippen LogP contribution is -2.40. The van der Waals surface area contributed by atoms with Gasteiger partial charge < -0.3 is 4.42 Å². The molecule has 0 unspecified atom stereocenters. The van der Waals surface area contributed by atoms with Gasteiger partial charge >= 0.3 is 0 Å². The fourth-order valence-corrected chi connectivity index (χ4v) is 6.36. The minimum Gasteiger partial charge on any atom is -0.440 e. The van der Waals surface area contributed by atoms with E-state index >= 15 is 0 Å². The molecule has 0 amide bonds. The van der Waals surface area contributed by atoms with Gasteiger partial charge in [0, 0.05) is 10.9 Å². The zero-order chi connectivity index (χ0) is 26.3. The maximum Gasteiger partial charge on any atom is 0.274 e. The molecule has 12 heteroatoms. The summed E-state index contributed by atoms with van der Waals surface area (Å²) in [6, 6.07) is 7.58. The Hall–Kier alpha value is -2.70. The Labute approximate surface area is 211 Å². The third kappa shape index (κ3) is 5.65. The summed E-state index contributed by atoms with van der Waals surface area (Å²) in [6.45, 7) is 6.67. The summed E-state index contributed by atoms with van der Waals surface area (Å²) in [5.41, 5.74) is 0.430. The molecule has 196 valence electrons. The van der Waals surface area contributed by atoms with Crippen molar-refractivity contribution in [3.63, 3.8) is 0 Å². The molecule has 0 bridgehead atoms. The van der Waals surface area contributed by atoms with Crippen LogP contribution in [0.4, 0.5) is 5.69 Å². The molecule has 0 aliphatic heterocycles. The van der Waals surface area contributed by atoms with Gasteiger partial charge in [0.25, 0.3) is 10.0 Å². The van der Waals surface area contributed by atoms with Crippen LogP contribution in [0.2, 0.25) is 0 Å². The summed E-state index contributed by atoms with van der Waals surface area (Å²) in [7, 11) is -7.43. The number of furan rings is 1. The zero-order valence-corrected chi connectivity index (χ0v) is 22.5. The lowest BCUT2D eigenvalue weighted by Gasteiger charge is -2.22. The fourth-order valence-electron chi connectivity index (χ4n) is 4.38. The molecular weight excluding hydrogens is 504 g/mol. The van der Waals surface area contributed by atoms with Crippen LogP contribution in [-0.4, -0.2) is 43.7 Å². The van der Waals surface area contributed by atoms with E-state index in [-0.39, 0.29) is 28.3 Å². The second kappa shape index (κ2) is 9.64. The topological polar surface area (TPSA) is 140 Å². The molecule has 1 saturated carbocycles. The Morgan fingerprint density at radius 1 is 1.08 bits per heavy atom. The molecule has 4 rings (SSSR count). The van der Waals surface area contributed by atoms with Crippen LogP contribution in [0, 0.1) is 0 Å². The minimum absolute atomic E-state index is 0.0650. The van der Waals surface area contributed by atoms with Crippen LogP contribution < -0.4 is 9.44 Å². The summed E-state index contributed by atoms with van der Waals surface area (Å²) in [6.07, 6.45) is 5.01. The van der Waals surface area contributed by atoms with Crippen molar-refractivity contribution in [1.29, 1.82) is 0 Å². The molecule has 2 aromatic heterocycles. The van der Waals surface area contributed by atoms with Crippen molar-refractivity contribution in [2.45, 2.75) is 76.5 Å². The molecule has 1 fully saturated rings. The molecular formula is C24H32N4O6S2. The third-order valence-corrected chi connectivity index (χ3v) is 8.94. The molecule has 0 radical (unpaired) electrons. The van der Waals surface area contributed by atoms with E-state index in [2.05, 4.69) is 14.5 Å². The number of fused-ring (bicyclic) bond motifs is 1. The Morgan fingerprint density at radius 2 is 1.78 bits per heavy atom. The van der Waals surface area contributed by atoms with Crippen LogP contribution >= 0.6 is 0 Å². The normalized spacial score (nSPS) is 15.9. The van der Waals surface area contributed by atoms with Gasteiger partial charge in [0.15, 0.2) is 5.76 Å². The number of anilines is 1. The average Bonchev–Trinajstić information content (AvgIpc) is 3.43. The van der Waals surface area contributed by atoms with Crippen molar-refractivity contribution >= 4 is 42.4 Å². The van der Waals surface area contributed by atoms with E-state index < -0.39 is 31.4 Å². The number of carbonyl (C=O) groups is 1. The number of carbonyl (C=O) groups excluding carboxylic acids is 1. The van der Waals surface area contributed by atoms with E-state index in [9.17, 15) is 21.6 Å². The number of sulfonamides is 2. The highest BCUT2D eigenvalue weighted by Gasteiger charge is 2.29. The molecule has 36 heavy (non-hydrogen) atoms. The number of hydrogen-bond acceptors (Lipinski definition) is 7. The zero-order valence-electron chi connectivity index (χ0n) is 20.9. The van der Waals surface area contributed by atoms with Crippen molar-refractivity contribution in [3.05, 3.63) is 41.8 Å². The van der Waals surface area contributed by atoms with Gasteiger partial charge in [0.05, 0.1) is 23.0 Å². The minimum atomic E-state index is -3.95. The number of nitrogens with one attached hydrogen (secondary N) is 2. The lowest BCUT2D eigenvalue weighted by atomic mass is 9.95. The average molecular weight is 537 g/mol. The summed E-state index contributed by atoms with van der Waals surface area (Å²) < 4.78 is 61.8. The first kappa shape index (κ1) is 26.4. The molecule has 0 saturated heterocycles. The molecule has 3 aromatic rings. The van der Waals surface area contributed by atoms with Gasteiger partial charge in [-0.2, -0.15) is 5.10 Å². The van der Waals surface area contributed by atoms with E-state index in [0.717, 1.165) is 32.1 Å². The van der Waals surface area contributed by atoms with E-state index in [1.807, 2.05) is 0 Å². The Balaban J connectivity index is 1.76. The van der Waals surface area contributed by atoms with Crippen LogP contribution in [0.3, 0.4) is 0 Å². The third-order valence-electron chi connectivity index (χ3n) is 6.01. The van der Waals surface area contributed by atoms with Gasteiger partial charge in [-0.15, -0.1) is 0 Å². The highest BCUT2D eigenvalue weighted by atomic mass is 32.2. The van der Waals surface area contributed by atoms with Crippen molar-refractivity contribution < 1.29 is 26.0 Å². The van der Waals surface area contributed by atoms with E-state index in [1.54, 1.807) is 50.6 Å². The van der Waals surface area contributed by atoms with Gasteiger partial charge in [-0.1, -0.05) is 19.3 Å². The van der Waals surface area contributed by atoms with E-state index in [4.69, 9.17) is 4.42 Å². The molecule has 0 atom stereocenters. The summed E-state index contributed by atoms with van der Waals surface area (Å²) in [4.78, 5) is 13.4. The predicted octanol–water partition coefficient (Wildman–Crippen LogP) is 4.20. The molecule has 0 spiro atoms. The predicted molar refractivity (Wildman–Crippen MR) is 137 cm³/mol. The van der Waals surface area contributed by atoms with Gasteiger partial charge in [0.1, 0.15) is 5.69 Å². The first-order chi connectivity index (χ1) is 16.8. The SMILES string of the molecule is CCS(=O)(=O)Nc1ccc2c(C(=O)c3ccc(S(=O)(=O)NC(C)(C)C)o3)nn(C3CCCCC3)c2c1. The van der Waals surface area contributed by atoms with E-state index in [1.165, 1.54) is 12.1 Å². The molecule has 1 aromatic carbocycles. The second-order valence-electron chi connectivity index (χ2n) is 10.1. The smallest absolute Gasteiger partial charge is 0.274 e. The van der Waals surface area contributed by atoms with Crippen LogP contribution in [-0.2, 0) is 20.0 Å². The number of nitrogens with zero attached hydrogens (tertiary/aromatic N) is 2. The number of benzene rings is 1. The highest BCUT2D eigenvalue weighted by molar-refractivity contribution is 7.92. The standard InChI is InChI=1S/C24H32N4O6S2/c1-5-35(30,31)26-16-11-12-18-19(15-16)28(17-9-7-6-8-10-17)25-22(18)23(29)20-13-14-21(34-20)36(32,33)27-24(2,3)4/h11-15,17,26-27H,5-10H2,1-4H3. The fraction of sp³-hybridized carbons (Fsp3) is 0.500. The molecule has 2 N–H and O–H groups in total. The molecule has 1 aliphatic carbocycles. The van der Waals surface area contributed by atoms with Crippen LogP contribution in [0.25, 0.3) is 10.9 Å². The summed E-state index contributed by atoms with van der Waals surface area (Å²) >= 11 is 0. The first-order valence-electron chi connectivity index (χ1n) is 12.0. The summed E-state index contributed by atoms with van der Waals surface area (Å²) in [5.74, 6) is -0.756. The summed E-state index contributed by atoms with van der Waals surface area (Å²) in [5, 5.41) is 4.83.